The maximum Gasteiger partial charge on any atom is 0.416 e. The minimum absolute atomic E-state index is 0.00313. The van der Waals surface area contributed by atoms with Crippen molar-refractivity contribution >= 4 is 5.91 Å². The van der Waals surface area contributed by atoms with Crippen LogP contribution in [0, 0.1) is 0 Å². The maximum atomic E-state index is 13.2. The summed E-state index contributed by atoms with van der Waals surface area (Å²) in [6, 6.07) is 16.6. The van der Waals surface area contributed by atoms with E-state index < -0.39 is 11.7 Å². The zero-order valence-electron chi connectivity index (χ0n) is 17.7. The molecule has 0 radical (unpaired) electrons. The van der Waals surface area contributed by atoms with Gasteiger partial charge in [-0.15, -0.1) is 0 Å². The molecule has 3 aromatic rings. The topological polar surface area (TPSA) is 64.4 Å². The lowest BCUT2D eigenvalue weighted by Gasteiger charge is -2.22. The van der Waals surface area contributed by atoms with Gasteiger partial charge in [0.1, 0.15) is 18.1 Å². The molecule has 1 fully saturated rings. The van der Waals surface area contributed by atoms with Crippen LogP contribution in [-0.4, -0.2) is 33.2 Å². The second-order valence-electron chi connectivity index (χ2n) is 7.80. The van der Waals surface area contributed by atoms with Crippen LogP contribution in [0.5, 0.6) is 5.75 Å². The van der Waals surface area contributed by atoms with Gasteiger partial charge in [-0.1, -0.05) is 30.3 Å². The third-order valence-corrected chi connectivity index (χ3v) is 5.28. The lowest BCUT2D eigenvalue weighted by atomic mass is 10.1. The van der Waals surface area contributed by atoms with Crippen molar-refractivity contribution in [1.29, 1.82) is 0 Å². The molecule has 0 N–H and O–H groups in total. The molecule has 1 aromatic heterocycles. The van der Waals surface area contributed by atoms with Crippen LogP contribution in [0.3, 0.4) is 0 Å². The molecule has 0 saturated heterocycles. The lowest BCUT2D eigenvalue weighted by molar-refractivity contribution is -0.137. The second kappa shape index (κ2) is 9.48. The molecule has 1 aliphatic carbocycles. The van der Waals surface area contributed by atoms with E-state index in [0.29, 0.717) is 11.3 Å². The number of carbonyl (C=O) groups excluding carboxylic acids is 1. The molecule has 172 valence electrons. The third-order valence-electron chi connectivity index (χ3n) is 5.28. The first-order valence-corrected chi connectivity index (χ1v) is 10.5. The molecule has 4 rings (SSSR count). The summed E-state index contributed by atoms with van der Waals surface area (Å²) in [6.45, 7) is 0.531. The number of halogens is 3. The molecule has 1 aliphatic rings. The quantitative estimate of drug-likeness (QED) is 0.510. The Morgan fingerprint density at radius 3 is 2.36 bits per heavy atom. The Hall–Kier alpha value is -3.62. The highest BCUT2D eigenvalue weighted by Crippen LogP contribution is 2.31. The van der Waals surface area contributed by atoms with Gasteiger partial charge in [0.25, 0.3) is 11.5 Å². The average molecular weight is 457 g/mol. The summed E-state index contributed by atoms with van der Waals surface area (Å²) in [7, 11) is 0. The predicted molar refractivity (Wildman–Crippen MR) is 115 cm³/mol. The summed E-state index contributed by atoms with van der Waals surface area (Å²) in [4.78, 5) is 26.9. The van der Waals surface area contributed by atoms with Gasteiger partial charge in [-0.05, 0) is 48.7 Å². The lowest BCUT2D eigenvalue weighted by Crippen LogP contribution is -2.35. The van der Waals surface area contributed by atoms with Crippen molar-refractivity contribution in [2.45, 2.75) is 38.1 Å². The highest BCUT2D eigenvalue weighted by Gasteiger charge is 2.34. The molecule has 0 bridgehead atoms. The number of aromatic nitrogens is 2. The smallest absolute Gasteiger partial charge is 0.416 e. The fourth-order valence-electron chi connectivity index (χ4n) is 3.39. The van der Waals surface area contributed by atoms with Crippen molar-refractivity contribution in [3.05, 3.63) is 93.9 Å². The van der Waals surface area contributed by atoms with Gasteiger partial charge in [0.2, 0.25) is 0 Å². The van der Waals surface area contributed by atoms with Crippen molar-refractivity contribution in [3.8, 4) is 5.75 Å². The number of alkyl halides is 3. The molecule has 1 heterocycles. The SMILES string of the molecule is O=C(c1ccc(=O)n(CCOc2ccccc2)n1)N(Cc1ccc(C(F)(F)F)cc1)C1CC1. The summed E-state index contributed by atoms with van der Waals surface area (Å²) in [6.07, 6.45) is -2.78. The van der Waals surface area contributed by atoms with Crippen molar-refractivity contribution in [2.24, 2.45) is 0 Å². The van der Waals surface area contributed by atoms with Gasteiger partial charge < -0.3 is 9.64 Å². The second-order valence-corrected chi connectivity index (χ2v) is 7.80. The summed E-state index contributed by atoms with van der Waals surface area (Å²) in [5, 5.41) is 4.21. The molecule has 1 amide bonds. The number of nitrogens with zero attached hydrogens (tertiary/aromatic N) is 3. The van der Waals surface area contributed by atoms with Crippen molar-refractivity contribution in [1.82, 2.24) is 14.7 Å². The van der Waals surface area contributed by atoms with Gasteiger partial charge in [0, 0.05) is 18.7 Å². The Balaban J connectivity index is 1.46. The summed E-state index contributed by atoms with van der Waals surface area (Å²) in [5.41, 5.74) is -0.396. The predicted octanol–water partition coefficient (Wildman–Crippen LogP) is 4.15. The minimum atomic E-state index is -4.41. The molecule has 6 nitrogen and oxygen atoms in total. The van der Waals surface area contributed by atoms with E-state index in [-0.39, 0.29) is 42.9 Å². The molecule has 0 aliphatic heterocycles. The Kier molecular flexibility index (Phi) is 6.48. The zero-order chi connectivity index (χ0) is 23.4. The number of hydrogen-bond acceptors (Lipinski definition) is 4. The summed E-state index contributed by atoms with van der Waals surface area (Å²) in [5.74, 6) is 0.296. The summed E-state index contributed by atoms with van der Waals surface area (Å²) >= 11 is 0. The number of rotatable bonds is 8. The molecule has 0 unspecified atom stereocenters. The van der Waals surface area contributed by atoms with E-state index in [1.165, 1.54) is 28.9 Å². The van der Waals surface area contributed by atoms with Gasteiger partial charge in [0.05, 0.1) is 12.1 Å². The zero-order valence-corrected chi connectivity index (χ0v) is 17.7. The van der Waals surface area contributed by atoms with Gasteiger partial charge in [0.15, 0.2) is 0 Å². The van der Waals surface area contributed by atoms with Crippen molar-refractivity contribution in [3.63, 3.8) is 0 Å². The van der Waals surface area contributed by atoms with E-state index in [1.807, 2.05) is 18.2 Å². The van der Waals surface area contributed by atoms with E-state index in [2.05, 4.69) is 5.10 Å². The first-order valence-electron chi connectivity index (χ1n) is 10.5. The van der Waals surface area contributed by atoms with Crippen LogP contribution < -0.4 is 10.3 Å². The fourth-order valence-corrected chi connectivity index (χ4v) is 3.39. The summed E-state index contributed by atoms with van der Waals surface area (Å²) < 4.78 is 45.2. The highest BCUT2D eigenvalue weighted by atomic mass is 19.4. The van der Waals surface area contributed by atoms with Gasteiger partial charge >= 0.3 is 6.18 Å². The van der Waals surface area contributed by atoms with Crippen molar-refractivity contribution in [2.75, 3.05) is 6.61 Å². The molecule has 33 heavy (non-hydrogen) atoms. The average Bonchev–Trinajstić information content (AvgIpc) is 3.64. The molecule has 0 atom stereocenters. The monoisotopic (exact) mass is 457 g/mol. The normalized spacial score (nSPS) is 13.5. The van der Waals surface area contributed by atoms with Crippen LogP contribution >= 0.6 is 0 Å². The van der Waals surface area contributed by atoms with E-state index in [0.717, 1.165) is 25.0 Å². The Morgan fingerprint density at radius 2 is 1.73 bits per heavy atom. The number of para-hydroxylation sites is 1. The Morgan fingerprint density at radius 1 is 1.03 bits per heavy atom. The fraction of sp³-hybridized carbons (Fsp3) is 0.292. The largest absolute Gasteiger partial charge is 0.492 e. The van der Waals surface area contributed by atoms with Crippen LogP contribution in [0.1, 0.15) is 34.5 Å². The number of ether oxygens (including phenoxy) is 1. The van der Waals surface area contributed by atoms with Gasteiger partial charge in [-0.25, -0.2) is 4.68 Å². The van der Waals surface area contributed by atoms with Gasteiger partial charge in [-0.2, -0.15) is 18.3 Å². The van der Waals surface area contributed by atoms with Crippen LogP contribution in [0.4, 0.5) is 13.2 Å². The van der Waals surface area contributed by atoms with Crippen LogP contribution in [0.15, 0.2) is 71.5 Å². The van der Waals surface area contributed by atoms with E-state index in [1.54, 1.807) is 17.0 Å². The first kappa shape index (κ1) is 22.6. The number of amides is 1. The Labute approximate surface area is 188 Å². The highest BCUT2D eigenvalue weighted by molar-refractivity contribution is 5.92. The van der Waals surface area contributed by atoms with E-state index in [9.17, 15) is 22.8 Å². The van der Waals surface area contributed by atoms with Crippen LogP contribution in [-0.2, 0) is 19.3 Å². The molecule has 1 saturated carbocycles. The molecular formula is C24H22F3N3O3. The van der Waals surface area contributed by atoms with Crippen LogP contribution in [0.25, 0.3) is 0 Å². The number of carbonyl (C=O) groups is 1. The maximum absolute atomic E-state index is 13.2. The van der Waals surface area contributed by atoms with Crippen molar-refractivity contribution < 1.29 is 22.7 Å². The minimum Gasteiger partial charge on any atom is -0.492 e. The molecule has 9 heteroatoms. The van der Waals surface area contributed by atoms with Crippen LogP contribution in [0.2, 0.25) is 0 Å². The Bertz CT molecular complexity index is 1160. The van der Waals surface area contributed by atoms with Gasteiger partial charge in [-0.3, -0.25) is 9.59 Å². The van der Waals surface area contributed by atoms with E-state index >= 15 is 0 Å². The molecule has 0 spiro atoms. The third kappa shape index (κ3) is 5.79. The molecular weight excluding hydrogens is 435 g/mol. The number of hydrogen-bond donors (Lipinski definition) is 0. The molecule has 2 aromatic carbocycles. The van der Waals surface area contributed by atoms with E-state index in [4.69, 9.17) is 4.74 Å². The first-order chi connectivity index (χ1) is 15.8. The number of benzene rings is 2. The standard InChI is InChI=1S/C24H22F3N3O3/c25-24(26,27)18-8-6-17(7-9-18)16-29(19-10-11-19)23(32)21-12-13-22(31)30(28-21)14-15-33-20-4-2-1-3-5-20/h1-9,12-13,19H,10-11,14-16H2.